The maximum Gasteiger partial charge on any atom is 0.695 e. The molecule has 1 aromatic rings. The molecule has 90 valence electrons. The number of unbranched alkanes of at least 4 members (excludes halogenated alkanes) is 1. The van der Waals surface area contributed by atoms with Crippen molar-refractivity contribution in [3.05, 3.63) is 35.4 Å². The molecule has 0 radical (unpaired) electrons. The zero-order valence-corrected chi connectivity index (χ0v) is 11.0. The van der Waals surface area contributed by atoms with Crippen LogP contribution in [0.4, 0.5) is 0 Å². The summed E-state index contributed by atoms with van der Waals surface area (Å²) in [5, 5.41) is 0. The van der Waals surface area contributed by atoms with E-state index in [1.807, 2.05) is 31.2 Å². The van der Waals surface area contributed by atoms with Crippen LogP contribution in [-0.4, -0.2) is 4.89 Å². The SMILES string of the molecule is CCCC.Cc1ccc(CO[P+](=O)O)cc1. The van der Waals surface area contributed by atoms with Crippen molar-refractivity contribution in [2.24, 2.45) is 0 Å². The molecular formula is C12H20O3P+. The molecule has 16 heavy (non-hydrogen) atoms. The molecule has 1 unspecified atom stereocenters. The smallest absolute Gasteiger partial charge is 0.133 e. The largest absolute Gasteiger partial charge is 0.695 e. The van der Waals surface area contributed by atoms with Crippen molar-refractivity contribution in [1.29, 1.82) is 0 Å². The molecule has 0 spiro atoms. The van der Waals surface area contributed by atoms with Gasteiger partial charge in [0.1, 0.15) is 6.61 Å². The van der Waals surface area contributed by atoms with Crippen LogP contribution in [0.2, 0.25) is 0 Å². The number of rotatable bonds is 4. The molecule has 0 amide bonds. The maximum absolute atomic E-state index is 10.2. The highest BCUT2D eigenvalue weighted by Gasteiger charge is 2.11. The Kier molecular flexibility index (Phi) is 9.02. The van der Waals surface area contributed by atoms with Gasteiger partial charge in [-0.2, -0.15) is 0 Å². The zero-order valence-electron chi connectivity index (χ0n) is 10.1. The number of hydrogen-bond acceptors (Lipinski definition) is 2. The minimum atomic E-state index is -2.48. The van der Waals surface area contributed by atoms with Crippen LogP contribution < -0.4 is 0 Å². The highest BCUT2D eigenvalue weighted by atomic mass is 31.1. The van der Waals surface area contributed by atoms with E-state index >= 15 is 0 Å². The molecule has 0 saturated heterocycles. The molecule has 0 fully saturated rings. The summed E-state index contributed by atoms with van der Waals surface area (Å²) in [5.41, 5.74) is 2.06. The lowest BCUT2D eigenvalue weighted by molar-refractivity contribution is 0.272. The fraction of sp³-hybridized carbons (Fsp3) is 0.500. The minimum Gasteiger partial charge on any atom is -0.133 e. The fourth-order valence-corrected chi connectivity index (χ4v) is 1.07. The van der Waals surface area contributed by atoms with Crippen molar-refractivity contribution in [3.63, 3.8) is 0 Å². The molecule has 3 nitrogen and oxygen atoms in total. The highest BCUT2D eigenvalue weighted by molar-refractivity contribution is 7.32. The average molecular weight is 243 g/mol. The Balaban J connectivity index is 0.000000487. The van der Waals surface area contributed by atoms with Crippen LogP contribution in [0.3, 0.4) is 0 Å². The molecule has 0 aliphatic carbocycles. The Morgan fingerprint density at radius 1 is 1.19 bits per heavy atom. The van der Waals surface area contributed by atoms with E-state index in [0.29, 0.717) is 0 Å². The Morgan fingerprint density at radius 2 is 1.69 bits per heavy atom. The second-order valence-corrected chi connectivity index (χ2v) is 4.23. The van der Waals surface area contributed by atoms with Gasteiger partial charge in [-0.05, 0) is 12.5 Å². The van der Waals surface area contributed by atoms with E-state index in [-0.39, 0.29) is 6.61 Å². The van der Waals surface area contributed by atoms with E-state index in [4.69, 9.17) is 4.89 Å². The Morgan fingerprint density at radius 3 is 2.06 bits per heavy atom. The molecular weight excluding hydrogens is 223 g/mol. The standard InChI is InChI=1S/C8H9O3P.C4H10/c1-7-2-4-8(5-3-7)6-11-12(9)10;1-3-4-2/h2-5H,6H2,1H3;3-4H2,1-2H3/p+1. The van der Waals surface area contributed by atoms with Crippen LogP contribution >= 0.6 is 8.25 Å². The average Bonchev–Trinajstić information content (AvgIpc) is 2.28. The predicted molar refractivity (Wildman–Crippen MR) is 66.4 cm³/mol. The Labute approximate surface area is 98.4 Å². The van der Waals surface area contributed by atoms with Crippen molar-refractivity contribution >= 4 is 8.25 Å². The first-order chi connectivity index (χ1) is 7.60. The van der Waals surface area contributed by atoms with Gasteiger partial charge in [-0.1, -0.05) is 56.5 Å². The van der Waals surface area contributed by atoms with Crippen molar-refractivity contribution in [2.45, 2.75) is 40.2 Å². The van der Waals surface area contributed by atoms with Gasteiger partial charge in [0.15, 0.2) is 0 Å². The maximum atomic E-state index is 10.2. The van der Waals surface area contributed by atoms with Gasteiger partial charge in [0.25, 0.3) is 0 Å². The molecule has 1 aromatic carbocycles. The van der Waals surface area contributed by atoms with Gasteiger partial charge in [-0.15, -0.1) is 9.42 Å². The summed E-state index contributed by atoms with van der Waals surface area (Å²) >= 11 is 0. The van der Waals surface area contributed by atoms with Crippen molar-refractivity contribution in [1.82, 2.24) is 0 Å². The minimum absolute atomic E-state index is 0.186. The topological polar surface area (TPSA) is 46.5 Å². The van der Waals surface area contributed by atoms with Crippen molar-refractivity contribution < 1.29 is 14.0 Å². The highest BCUT2D eigenvalue weighted by Crippen LogP contribution is 2.17. The summed E-state index contributed by atoms with van der Waals surface area (Å²) in [6, 6.07) is 7.61. The lowest BCUT2D eigenvalue weighted by atomic mass is 10.2. The monoisotopic (exact) mass is 243 g/mol. The van der Waals surface area contributed by atoms with Crippen LogP contribution in [0.1, 0.15) is 37.8 Å². The van der Waals surface area contributed by atoms with Gasteiger partial charge in [-0.25, -0.2) is 0 Å². The summed E-state index contributed by atoms with van der Waals surface area (Å²) in [6.07, 6.45) is 2.64. The number of aryl methyl sites for hydroxylation is 1. The van der Waals surface area contributed by atoms with Crippen LogP contribution in [0.5, 0.6) is 0 Å². The molecule has 0 saturated carbocycles. The van der Waals surface area contributed by atoms with Crippen LogP contribution in [0, 0.1) is 6.92 Å². The predicted octanol–water partition coefficient (Wildman–Crippen LogP) is 3.97. The van der Waals surface area contributed by atoms with Crippen molar-refractivity contribution in [2.75, 3.05) is 0 Å². The molecule has 0 heterocycles. The molecule has 1 N–H and O–H groups in total. The molecule has 0 aliphatic heterocycles. The molecule has 4 heteroatoms. The normalized spacial score (nSPS) is 10.4. The lowest BCUT2D eigenvalue weighted by Crippen LogP contribution is -1.85. The van der Waals surface area contributed by atoms with Gasteiger partial charge >= 0.3 is 8.25 Å². The summed E-state index contributed by atoms with van der Waals surface area (Å²) in [4.78, 5) is 8.36. The van der Waals surface area contributed by atoms with Gasteiger partial charge in [0.2, 0.25) is 0 Å². The van der Waals surface area contributed by atoms with Crippen molar-refractivity contribution in [3.8, 4) is 0 Å². The third-order valence-corrected chi connectivity index (χ3v) is 2.31. The first-order valence-corrected chi connectivity index (χ1v) is 6.57. The fourth-order valence-electron chi connectivity index (χ4n) is 0.814. The van der Waals surface area contributed by atoms with Gasteiger partial charge in [0.05, 0.1) is 0 Å². The first-order valence-electron chi connectivity index (χ1n) is 5.44. The third-order valence-electron chi connectivity index (χ3n) is 1.96. The summed E-state index contributed by atoms with van der Waals surface area (Å²) in [7, 11) is -2.48. The van der Waals surface area contributed by atoms with E-state index in [2.05, 4.69) is 18.4 Å². The number of benzene rings is 1. The van der Waals surface area contributed by atoms with Crippen LogP contribution in [0.25, 0.3) is 0 Å². The summed E-state index contributed by atoms with van der Waals surface area (Å²) in [6.45, 7) is 6.53. The van der Waals surface area contributed by atoms with E-state index in [0.717, 1.165) is 11.1 Å². The summed E-state index contributed by atoms with van der Waals surface area (Å²) in [5.74, 6) is 0. The second kappa shape index (κ2) is 9.46. The van der Waals surface area contributed by atoms with Crippen LogP contribution in [-0.2, 0) is 15.7 Å². The quantitative estimate of drug-likeness (QED) is 0.814. The molecule has 0 bridgehead atoms. The van der Waals surface area contributed by atoms with E-state index in [1.54, 1.807) is 0 Å². The third kappa shape index (κ3) is 8.54. The van der Waals surface area contributed by atoms with Gasteiger partial charge < -0.3 is 0 Å². The van der Waals surface area contributed by atoms with E-state index in [1.165, 1.54) is 12.8 Å². The van der Waals surface area contributed by atoms with Crippen LogP contribution in [0.15, 0.2) is 24.3 Å². The molecule has 0 aromatic heterocycles. The van der Waals surface area contributed by atoms with Gasteiger partial charge in [-0.3, -0.25) is 0 Å². The lowest BCUT2D eigenvalue weighted by Gasteiger charge is -1.94. The van der Waals surface area contributed by atoms with E-state index in [9.17, 15) is 4.57 Å². The molecule has 1 atom stereocenters. The first kappa shape index (κ1) is 15.2. The van der Waals surface area contributed by atoms with E-state index < -0.39 is 8.25 Å². The van der Waals surface area contributed by atoms with Gasteiger partial charge in [0, 0.05) is 4.57 Å². The molecule has 1 rings (SSSR count). The molecule has 0 aliphatic rings. The summed E-state index contributed by atoms with van der Waals surface area (Å²) < 4.78 is 14.7. The number of hydrogen-bond donors (Lipinski definition) is 1. The Hall–Kier alpha value is -0.760. The second-order valence-electron chi connectivity index (χ2n) is 3.50. The Bertz CT molecular complexity index is 294. The zero-order chi connectivity index (χ0) is 12.4.